The van der Waals surface area contributed by atoms with Crippen LogP contribution in [0.4, 0.5) is 5.69 Å². The van der Waals surface area contributed by atoms with E-state index in [-0.39, 0.29) is 23.8 Å². The number of aryl methyl sites for hydroxylation is 2. The van der Waals surface area contributed by atoms with Gasteiger partial charge in [0.05, 0.1) is 18.7 Å². The summed E-state index contributed by atoms with van der Waals surface area (Å²) in [5.74, 6) is 0.434. The summed E-state index contributed by atoms with van der Waals surface area (Å²) in [5.41, 5.74) is 2.62. The molecule has 0 aliphatic carbocycles. The lowest BCUT2D eigenvalue weighted by molar-refractivity contribution is -0.116. The molecule has 156 valence electrons. The largest absolute Gasteiger partial charge is 0.493 e. The predicted molar refractivity (Wildman–Crippen MR) is 114 cm³/mol. The fourth-order valence-electron chi connectivity index (χ4n) is 3.32. The second-order valence-electron chi connectivity index (χ2n) is 7.35. The Morgan fingerprint density at radius 3 is 2.48 bits per heavy atom. The number of sulfonamides is 1. The number of nitrogens with zero attached hydrogens (tertiary/aromatic N) is 1. The van der Waals surface area contributed by atoms with Crippen LogP contribution in [-0.4, -0.2) is 38.3 Å². The van der Waals surface area contributed by atoms with E-state index in [4.69, 9.17) is 4.74 Å². The maximum Gasteiger partial charge on any atom is 0.245 e. The number of amides is 1. The van der Waals surface area contributed by atoms with Crippen LogP contribution in [0, 0.1) is 13.8 Å². The van der Waals surface area contributed by atoms with Crippen LogP contribution in [0.2, 0.25) is 0 Å². The third-order valence-electron chi connectivity index (χ3n) is 5.17. The third kappa shape index (κ3) is 5.36. The second kappa shape index (κ2) is 9.41. The summed E-state index contributed by atoms with van der Waals surface area (Å²) in [7, 11) is -3.62. The Hall–Kier alpha value is -2.38. The normalized spacial score (nSPS) is 15.1. The van der Waals surface area contributed by atoms with Gasteiger partial charge in [0.1, 0.15) is 10.6 Å². The van der Waals surface area contributed by atoms with Gasteiger partial charge in [0, 0.05) is 13.1 Å². The van der Waals surface area contributed by atoms with E-state index in [0.717, 1.165) is 24.8 Å². The number of carbonyl (C=O) groups excluding carboxylic acids is 1. The maximum absolute atomic E-state index is 13.0. The molecular weight excluding hydrogens is 388 g/mol. The van der Waals surface area contributed by atoms with Gasteiger partial charge in [-0.05, 0) is 62.1 Å². The Labute approximate surface area is 172 Å². The van der Waals surface area contributed by atoms with Gasteiger partial charge in [-0.2, -0.15) is 4.31 Å². The fourth-order valence-corrected chi connectivity index (χ4v) is 4.98. The lowest BCUT2D eigenvalue weighted by Gasteiger charge is -2.26. The molecular formula is C22H28N2O4S. The molecule has 1 amide bonds. The van der Waals surface area contributed by atoms with E-state index in [1.165, 1.54) is 9.87 Å². The molecule has 0 spiro atoms. The van der Waals surface area contributed by atoms with Crippen LogP contribution in [0.3, 0.4) is 0 Å². The van der Waals surface area contributed by atoms with E-state index < -0.39 is 10.0 Å². The third-order valence-corrected chi connectivity index (χ3v) is 7.13. The number of ether oxygens (including phenoxy) is 1. The van der Waals surface area contributed by atoms with Crippen molar-refractivity contribution < 1.29 is 17.9 Å². The first-order valence-electron chi connectivity index (χ1n) is 9.97. The van der Waals surface area contributed by atoms with Gasteiger partial charge in [0.2, 0.25) is 15.9 Å². The van der Waals surface area contributed by atoms with E-state index in [0.29, 0.717) is 24.5 Å². The van der Waals surface area contributed by atoms with Gasteiger partial charge in [-0.3, -0.25) is 4.79 Å². The molecule has 0 unspecified atom stereocenters. The lowest BCUT2D eigenvalue weighted by atomic mass is 10.1. The minimum atomic E-state index is -3.62. The molecule has 0 radical (unpaired) electrons. The standard InChI is InChI=1S/C22H28N2O4S/c1-17-10-11-19(16-18(17)2)28-15-12-22(25)23-20-8-4-5-9-21(20)29(26,27)24-13-6-3-7-14-24/h4-5,8-11,16H,3,6-7,12-15H2,1-2H3,(H,23,25). The van der Waals surface area contributed by atoms with Gasteiger partial charge < -0.3 is 10.1 Å². The number of benzene rings is 2. The lowest BCUT2D eigenvalue weighted by Crippen LogP contribution is -2.36. The molecule has 1 heterocycles. The highest BCUT2D eigenvalue weighted by Gasteiger charge is 2.28. The smallest absolute Gasteiger partial charge is 0.245 e. The molecule has 1 aliphatic heterocycles. The summed E-state index contributed by atoms with van der Waals surface area (Å²) in [5, 5.41) is 2.74. The van der Waals surface area contributed by atoms with Crippen molar-refractivity contribution in [3.8, 4) is 5.75 Å². The number of anilines is 1. The topological polar surface area (TPSA) is 75.7 Å². The quantitative estimate of drug-likeness (QED) is 0.743. The van der Waals surface area contributed by atoms with Gasteiger partial charge in [0.25, 0.3) is 0 Å². The van der Waals surface area contributed by atoms with Crippen molar-refractivity contribution in [2.75, 3.05) is 25.0 Å². The molecule has 0 aromatic heterocycles. The minimum Gasteiger partial charge on any atom is -0.493 e. The van der Waals surface area contributed by atoms with Gasteiger partial charge >= 0.3 is 0 Å². The first kappa shape index (κ1) is 21.3. The molecule has 1 saturated heterocycles. The van der Waals surface area contributed by atoms with Crippen molar-refractivity contribution in [3.63, 3.8) is 0 Å². The molecule has 6 nitrogen and oxygen atoms in total. The number of hydrogen-bond donors (Lipinski definition) is 1. The van der Waals surface area contributed by atoms with Crippen molar-refractivity contribution in [1.82, 2.24) is 4.31 Å². The zero-order valence-electron chi connectivity index (χ0n) is 17.0. The molecule has 7 heteroatoms. The van der Waals surface area contributed by atoms with E-state index in [2.05, 4.69) is 5.32 Å². The van der Waals surface area contributed by atoms with Crippen LogP contribution >= 0.6 is 0 Å². The molecule has 29 heavy (non-hydrogen) atoms. The summed E-state index contributed by atoms with van der Waals surface area (Å²) in [4.78, 5) is 12.5. The Bertz CT molecular complexity index is 967. The number of carbonyl (C=O) groups is 1. The SMILES string of the molecule is Cc1ccc(OCCC(=O)Nc2ccccc2S(=O)(=O)N2CCCCC2)cc1C. The number of piperidine rings is 1. The summed E-state index contributed by atoms with van der Waals surface area (Å²) >= 11 is 0. The molecule has 3 rings (SSSR count). The monoisotopic (exact) mass is 416 g/mol. The fraction of sp³-hybridized carbons (Fsp3) is 0.409. The number of para-hydroxylation sites is 1. The Balaban J connectivity index is 1.62. The number of hydrogen-bond acceptors (Lipinski definition) is 4. The van der Waals surface area contributed by atoms with E-state index in [9.17, 15) is 13.2 Å². The Kier molecular flexibility index (Phi) is 6.92. The van der Waals surface area contributed by atoms with Crippen molar-refractivity contribution in [3.05, 3.63) is 53.6 Å². The Morgan fingerprint density at radius 2 is 1.76 bits per heavy atom. The van der Waals surface area contributed by atoms with Crippen LogP contribution in [0.1, 0.15) is 36.8 Å². The molecule has 1 fully saturated rings. The average Bonchev–Trinajstić information content (AvgIpc) is 2.71. The van der Waals surface area contributed by atoms with Crippen molar-refractivity contribution >= 4 is 21.6 Å². The summed E-state index contributed by atoms with van der Waals surface area (Å²) < 4.78 is 33.2. The van der Waals surface area contributed by atoms with Crippen LogP contribution in [0.25, 0.3) is 0 Å². The molecule has 0 atom stereocenters. The number of rotatable bonds is 7. The first-order chi connectivity index (χ1) is 13.9. The molecule has 1 aliphatic rings. The summed E-state index contributed by atoms with van der Waals surface area (Å²) in [6.45, 7) is 5.30. The zero-order chi connectivity index (χ0) is 20.9. The average molecular weight is 417 g/mol. The molecule has 2 aromatic rings. The molecule has 1 N–H and O–H groups in total. The molecule has 0 bridgehead atoms. The van der Waals surface area contributed by atoms with Gasteiger partial charge in [-0.25, -0.2) is 8.42 Å². The van der Waals surface area contributed by atoms with Crippen LogP contribution in [0.5, 0.6) is 5.75 Å². The van der Waals surface area contributed by atoms with Crippen LogP contribution in [0.15, 0.2) is 47.4 Å². The molecule has 2 aromatic carbocycles. The summed E-state index contributed by atoms with van der Waals surface area (Å²) in [6.07, 6.45) is 2.91. The highest BCUT2D eigenvalue weighted by atomic mass is 32.2. The highest BCUT2D eigenvalue weighted by molar-refractivity contribution is 7.89. The minimum absolute atomic E-state index is 0.130. The van der Waals surface area contributed by atoms with Crippen molar-refractivity contribution in [2.24, 2.45) is 0 Å². The highest BCUT2D eigenvalue weighted by Crippen LogP contribution is 2.27. The van der Waals surface area contributed by atoms with E-state index in [1.807, 2.05) is 32.0 Å². The van der Waals surface area contributed by atoms with Crippen LogP contribution in [-0.2, 0) is 14.8 Å². The maximum atomic E-state index is 13.0. The van der Waals surface area contributed by atoms with Gasteiger partial charge in [0.15, 0.2) is 0 Å². The van der Waals surface area contributed by atoms with E-state index >= 15 is 0 Å². The van der Waals surface area contributed by atoms with Gasteiger partial charge in [-0.15, -0.1) is 0 Å². The second-order valence-corrected chi connectivity index (χ2v) is 9.26. The predicted octanol–water partition coefficient (Wildman–Crippen LogP) is 3.89. The van der Waals surface area contributed by atoms with Gasteiger partial charge in [-0.1, -0.05) is 24.6 Å². The molecule has 0 saturated carbocycles. The summed E-state index contributed by atoms with van der Waals surface area (Å²) in [6, 6.07) is 12.4. The zero-order valence-corrected chi connectivity index (χ0v) is 17.8. The Morgan fingerprint density at radius 1 is 1.03 bits per heavy atom. The van der Waals surface area contributed by atoms with E-state index in [1.54, 1.807) is 24.3 Å². The van der Waals surface area contributed by atoms with Crippen LogP contribution < -0.4 is 10.1 Å². The van der Waals surface area contributed by atoms with Crippen molar-refractivity contribution in [2.45, 2.75) is 44.4 Å². The first-order valence-corrected chi connectivity index (χ1v) is 11.4. The number of nitrogens with one attached hydrogen (secondary N) is 1. The van der Waals surface area contributed by atoms with Crippen molar-refractivity contribution in [1.29, 1.82) is 0 Å².